The summed E-state index contributed by atoms with van der Waals surface area (Å²) in [7, 11) is -1.63. The van der Waals surface area contributed by atoms with Crippen LogP contribution >= 0.6 is 12.2 Å². The van der Waals surface area contributed by atoms with Gasteiger partial charge in [-0.05, 0) is 35.1 Å². The lowest BCUT2D eigenvalue weighted by molar-refractivity contribution is 0.144. The van der Waals surface area contributed by atoms with Crippen molar-refractivity contribution in [3.63, 3.8) is 0 Å². The average Bonchev–Trinajstić information content (AvgIpc) is 3.00. The normalized spacial score (nSPS) is 16.8. The highest BCUT2D eigenvalue weighted by molar-refractivity contribution is 7.89. The van der Waals surface area contributed by atoms with Crippen molar-refractivity contribution in [3.8, 4) is 0 Å². The van der Waals surface area contributed by atoms with E-state index >= 15 is 0 Å². The zero-order valence-corrected chi connectivity index (χ0v) is 16.7. The summed E-state index contributed by atoms with van der Waals surface area (Å²) in [4.78, 5) is 2.51. The van der Waals surface area contributed by atoms with Crippen LogP contribution in [0.2, 0.25) is 0 Å². The number of aryl methyl sites for hydroxylation is 1. The first kappa shape index (κ1) is 18.3. The van der Waals surface area contributed by atoms with Gasteiger partial charge in [0.25, 0.3) is 0 Å². The molecule has 1 saturated heterocycles. The summed E-state index contributed by atoms with van der Waals surface area (Å²) < 4.78 is 31.8. The van der Waals surface area contributed by atoms with Crippen LogP contribution in [0.4, 0.5) is 0 Å². The van der Waals surface area contributed by atoms with E-state index in [1.165, 1.54) is 0 Å². The molecule has 9 heteroatoms. The summed E-state index contributed by atoms with van der Waals surface area (Å²) >= 11 is 5.31. The molecule has 142 valence electrons. The molecule has 0 N–H and O–H groups in total. The van der Waals surface area contributed by atoms with Crippen molar-refractivity contribution in [1.82, 2.24) is 23.6 Å². The van der Waals surface area contributed by atoms with Crippen LogP contribution < -0.4 is 0 Å². The van der Waals surface area contributed by atoms with Gasteiger partial charge >= 0.3 is 0 Å². The van der Waals surface area contributed by atoms with Gasteiger partial charge in [0.15, 0.2) is 4.77 Å². The third kappa shape index (κ3) is 3.55. The summed E-state index contributed by atoms with van der Waals surface area (Å²) in [5, 5.41) is 6.22. The minimum atomic E-state index is -3.49. The monoisotopic (exact) mass is 403 g/mol. The molecule has 2 heterocycles. The Labute approximate surface area is 163 Å². The van der Waals surface area contributed by atoms with E-state index in [1.54, 1.807) is 32.0 Å². The predicted octanol–water partition coefficient (Wildman–Crippen LogP) is 2.07. The number of sulfonamides is 1. The third-order valence-electron chi connectivity index (χ3n) is 4.91. The third-order valence-corrected chi connectivity index (χ3v) is 7.30. The Morgan fingerprint density at radius 3 is 2.41 bits per heavy atom. The quantitative estimate of drug-likeness (QED) is 0.624. The number of rotatable bonds is 4. The molecule has 1 aromatic heterocycles. The Kier molecular flexibility index (Phi) is 4.85. The minimum absolute atomic E-state index is 0.349. The largest absolute Gasteiger partial charge is 0.310 e. The maximum absolute atomic E-state index is 13.0. The number of benzene rings is 2. The summed E-state index contributed by atoms with van der Waals surface area (Å²) in [5.74, 6) is 0. The highest BCUT2D eigenvalue weighted by Crippen LogP contribution is 2.22. The molecular weight excluding hydrogens is 382 g/mol. The maximum atomic E-state index is 13.0. The van der Waals surface area contributed by atoms with Gasteiger partial charge < -0.3 is 4.57 Å². The lowest BCUT2D eigenvalue weighted by atomic mass is 10.1. The highest BCUT2D eigenvalue weighted by atomic mass is 32.2. The first-order valence-corrected chi connectivity index (χ1v) is 10.6. The Bertz CT molecular complexity index is 1130. The lowest BCUT2D eigenvalue weighted by Gasteiger charge is -2.33. The van der Waals surface area contributed by atoms with Gasteiger partial charge in [-0.1, -0.05) is 30.3 Å². The SMILES string of the molecule is Cn1cnn(CN2CCN(S(=O)(=O)c3ccc4ccccc4c3)CC2)c1=S. The second-order valence-electron chi connectivity index (χ2n) is 6.70. The molecule has 0 amide bonds. The fourth-order valence-corrected chi connectivity index (χ4v) is 4.91. The van der Waals surface area contributed by atoms with Crippen LogP contribution in [-0.2, 0) is 23.7 Å². The number of hydrogen-bond acceptors (Lipinski definition) is 5. The highest BCUT2D eigenvalue weighted by Gasteiger charge is 2.28. The van der Waals surface area contributed by atoms with Crippen molar-refractivity contribution in [3.05, 3.63) is 53.6 Å². The van der Waals surface area contributed by atoms with E-state index in [1.807, 2.05) is 37.4 Å². The molecular formula is C18H21N5O2S2. The van der Waals surface area contributed by atoms with Crippen molar-refractivity contribution in [2.75, 3.05) is 26.2 Å². The average molecular weight is 404 g/mol. The van der Waals surface area contributed by atoms with Crippen LogP contribution in [0.1, 0.15) is 0 Å². The molecule has 1 aliphatic rings. The van der Waals surface area contributed by atoms with Gasteiger partial charge in [0, 0.05) is 33.2 Å². The zero-order chi connectivity index (χ0) is 19.0. The molecule has 3 aromatic rings. The van der Waals surface area contributed by atoms with Crippen molar-refractivity contribution in [1.29, 1.82) is 0 Å². The van der Waals surface area contributed by atoms with Crippen molar-refractivity contribution < 1.29 is 8.42 Å². The lowest BCUT2D eigenvalue weighted by Crippen LogP contribution is -2.48. The van der Waals surface area contributed by atoms with Gasteiger partial charge in [0.1, 0.15) is 6.33 Å². The van der Waals surface area contributed by atoms with Crippen LogP contribution in [0, 0.1) is 4.77 Å². The first-order chi connectivity index (χ1) is 12.9. The Morgan fingerprint density at radius 1 is 1.04 bits per heavy atom. The van der Waals surface area contributed by atoms with Crippen LogP contribution in [-0.4, -0.2) is 58.1 Å². The van der Waals surface area contributed by atoms with E-state index in [-0.39, 0.29) is 0 Å². The number of nitrogens with zero attached hydrogens (tertiary/aromatic N) is 5. The van der Waals surface area contributed by atoms with E-state index in [2.05, 4.69) is 10.00 Å². The summed E-state index contributed by atoms with van der Waals surface area (Å²) in [6, 6.07) is 13.1. The first-order valence-electron chi connectivity index (χ1n) is 8.75. The minimum Gasteiger partial charge on any atom is -0.310 e. The van der Waals surface area contributed by atoms with Gasteiger partial charge in [-0.2, -0.15) is 9.40 Å². The molecule has 4 rings (SSSR count). The molecule has 0 spiro atoms. The van der Waals surface area contributed by atoms with E-state index in [0.29, 0.717) is 42.5 Å². The smallest absolute Gasteiger partial charge is 0.243 e. The van der Waals surface area contributed by atoms with Gasteiger partial charge in [0.05, 0.1) is 11.6 Å². The topological polar surface area (TPSA) is 63.4 Å². The molecule has 0 atom stereocenters. The van der Waals surface area contributed by atoms with E-state index in [4.69, 9.17) is 12.2 Å². The van der Waals surface area contributed by atoms with E-state index in [0.717, 1.165) is 10.8 Å². The summed E-state index contributed by atoms with van der Waals surface area (Å²) in [5.41, 5.74) is 0. The Balaban J connectivity index is 1.47. The number of aromatic nitrogens is 3. The Morgan fingerprint density at radius 2 is 1.74 bits per heavy atom. The predicted molar refractivity (Wildman–Crippen MR) is 106 cm³/mol. The van der Waals surface area contributed by atoms with Gasteiger partial charge in [-0.15, -0.1) is 0 Å². The fraction of sp³-hybridized carbons (Fsp3) is 0.333. The van der Waals surface area contributed by atoms with E-state index in [9.17, 15) is 8.42 Å². The van der Waals surface area contributed by atoms with Crippen molar-refractivity contribution in [2.24, 2.45) is 7.05 Å². The molecule has 27 heavy (non-hydrogen) atoms. The van der Waals surface area contributed by atoms with Crippen LogP contribution in [0.3, 0.4) is 0 Å². The van der Waals surface area contributed by atoms with Crippen LogP contribution in [0.25, 0.3) is 10.8 Å². The molecule has 0 unspecified atom stereocenters. The van der Waals surface area contributed by atoms with Gasteiger partial charge in [0.2, 0.25) is 10.0 Å². The molecule has 2 aromatic carbocycles. The second-order valence-corrected chi connectivity index (χ2v) is 9.00. The maximum Gasteiger partial charge on any atom is 0.243 e. The zero-order valence-electron chi connectivity index (χ0n) is 15.0. The summed E-state index contributed by atoms with van der Waals surface area (Å²) in [6.45, 7) is 2.77. The number of piperazine rings is 1. The molecule has 1 fully saturated rings. The number of fused-ring (bicyclic) bond motifs is 1. The van der Waals surface area contributed by atoms with Gasteiger partial charge in [-0.25, -0.2) is 13.1 Å². The van der Waals surface area contributed by atoms with Gasteiger partial charge in [-0.3, -0.25) is 4.90 Å². The molecule has 0 aliphatic carbocycles. The van der Waals surface area contributed by atoms with Crippen LogP contribution in [0.5, 0.6) is 0 Å². The van der Waals surface area contributed by atoms with Crippen molar-refractivity contribution >= 4 is 33.0 Å². The molecule has 0 bridgehead atoms. The Hall–Kier alpha value is -2.07. The summed E-state index contributed by atoms with van der Waals surface area (Å²) in [6.07, 6.45) is 1.68. The van der Waals surface area contributed by atoms with E-state index < -0.39 is 10.0 Å². The molecule has 7 nitrogen and oxygen atoms in total. The standard InChI is InChI=1S/C18H21N5O2S2/c1-20-13-19-23(18(20)26)14-21-8-10-22(11-9-21)27(24,25)17-7-6-15-4-2-3-5-16(15)12-17/h2-7,12-13H,8-11,14H2,1H3. The molecule has 0 radical (unpaired) electrons. The van der Waals surface area contributed by atoms with Crippen molar-refractivity contribution in [2.45, 2.75) is 11.6 Å². The van der Waals surface area contributed by atoms with Crippen LogP contribution in [0.15, 0.2) is 53.7 Å². The fourth-order valence-electron chi connectivity index (χ4n) is 3.30. The molecule has 0 saturated carbocycles. The second kappa shape index (κ2) is 7.16. The molecule has 1 aliphatic heterocycles. The number of hydrogen-bond donors (Lipinski definition) is 0.